The van der Waals surface area contributed by atoms with Crippen LogP contribution in [0.1, 0.15) is 57.8 Å². The van der Waals surface area contributed by atoms with E-state index in [0.29, 0.717) is 25.2 Å². The lowest BCUT2D eigenvalue weighted by atomic mass is 10.1. The molecule has 0 unspecified atom stereocenters. The molecule has 0 saturated carbocycles. The summed E-state index contributed by atoms with van der Waals surface area (Å²) in [5.41, 5.74) is 6.26. The number of hydrogen-bond donors (Lipinski definition) is 4. The van der Waals surface area contributed by atoms with Gasteiger partial charge in [0.25, 0.3) is 0 Å². The fourth-order valence-corrected chi connectivity index (χ4v) is 4.57. The van der Waals surface area contributed by atoms with E-state index in [1.165, 1.54) is 24.9 Å². The number of benzene rings is 2. The first kappa shape index (κ1) is 27.1. The molecule has 1 fully saturated rings. The molecule has 0 bridgehead atoms. The molecule has 0 radical (unpaired) electrons. The predicted molar refractivity (Wildman–Crippen MR) is 150 cm³/mol. The largest absolute Gasteiger partial charge is 0.371 e. The van der Waals surface area contributed by atoms with Gasteiger partial charge < -0.3 is 15.5 Å². The summed E-state index contributed by atoms with van der Waals surface area (Å²) in [5, 5.41) is 14.7. The monoisotopic (exact) mass is 516 g/mol. The van der Waals surface area contributed by atoms with Crippen molar-refractivity contribution in [1.82, 2.24) is 15.4 Å². The summed E-state index contributed by atoms with van der Waals surface area (Å²) in [6.07, 6.45) is 9.39. The van der Waals surface area contributed by atoms with Gasteiger partial charge >= 0.3 is 0 Å². The molecule has 0 atom stereocenters. The highest BCUT2D eigenvalue weighted by Crippen LogP contribution is 2.25. The average Bonchev–Trinajstić information content (AvgIpc) is 2.96. The molecule has 2 amide bonds. The zero-order chi connectivity index (χ0) is 26.6. The van der Waals surface area contributed by atoms with Crippen LogP contribution in [0.2, 0.25) is 0 Å². The Kier molecular flexibility index (Phi) is 10.0. The van der Waals surface area contributed by atoms with E-state index in [1.807, 2.05) is 36.4 Å². The summed E-state index contributed by atoms with van der Waals surface area (Å²) in [6, 6.07) is 17.9. The number of piperidine rings is 1. The minimum atomic E-state index is -0.376. The van der Waals surface area contributed by atoms with Crippen LogP contribution in [-0.2, 0) is 9.59 Å². The first-order valence-corrected chi connectivity index (χ1v) is 13.4. The topological polar surface area (TPSA) is 119 Å². The summed E-state index contributed by atoms with van der Waals surface area (Å²) < 4.78 is 0. The highest BCUT2D eigenvalue weighted by Gasteiger charge is 2.12. The van der Waals surface area contributed by atoms with E-state index in [4.69, 9.17) is 10.2 Å². The molecule has 9 heteroatoms. The zero-order valence-corrected chi connectivity index (χ0v) is 21.7. The SMILES string of the molecule is O=C(CCCCCCC(=O)Nc1ccc(-c2ccnc(Nc3cccc(N4CCCCC4)c3)n2)cc1)NO. The Bertz CT molecular complexity index is 1190. The lowest BCUT2D eigenvalue weighted by molar-refractivity contribution is -0.129. The van der Waals surface area contributed by atoms with Crippen LogP contribution in [0.4, 0.5) is 23.0 Å². The Hall–Kier alpha value is -3.98. The Morgan fingerprint density at radius 3 is 2.32 bits per heavy atom. The number of carbonyl (C=O) groups is 2. The van der Waals surface area contributed by atoms with Gasteiger partial charge in [-0.2, -0.15) is 0 Å². The van der Waals surface area contributed by atoms with E-state index in [-0.39, 0.29) is 11.8 Å². The lowest BCUT2D eigenvalue weighted by Crippen LogP contribution is -2.29. The van der Waals surface area contributed by atoms with Crippen molar-refractivity contribution in [3.8, 4) is 11.3 Å². The minimum Gasteiger partial charge on any atom is -0.371 e. The molecule has 0 spiro atoms. The van der Waals surface area contributed by atoms with Crippen molar-refractivity contribution in [2.45, 2.75) is 57.8 Å². The Labute approximate surface area is 223 Å². The number of nitrogens with one attached hydrogen (secondary N) is 3. The molecule has 2 aromatic carbocycles. The first-order chi connectivity index (χ1) is 18.6. The maximum atomic E-state index is 12.3. The van der Waals surface area contributed by atoms with Crippen LogP contribution in [0.25, 0.3) is 11.3 Å². The number of unbranched alkanes of at least 4 members (excludes halogenated alkanes) is 3. The summed E-state index contributed by atoms with van der Waals surface area (Å²) in [5.74, 6) is 0.123. The molecular formula is C29H36N6O3. The minimum absolute atomic E-state index is 0.0360. The van der Waals surface area contributed by atoms with Gasteiger partial charge in [0, 0.05) is 54.8 Å². The van der Waals surface area contributed by atoms with Crippen molar-refractivity contribution >= 4 is 34.8 Å². The normalized spacial score (nSPS) is 13.1. The molecule has 1 saturated heterocycles. The highest BCUT2D eigenvalue weighted by atomic mass is 16.5. The van der Waals surface area contributed by atoms with Crippen LogP contribution >= 0.6 is 0 Å². The van der Waals surface area contributed by atoms with Crippen molar-refractivity contribution < 1.29 is 14.8 Å². The molecular weight excluding hydrogens is 480 g/mol. The van der Waals surface area contributed by atoms with E-state index in [0.717, 1.165) is 55.0 Å². The van der Waals surface area contributed by atoms with E-state index in [2.05, 4.69) is 38.7 Å². The molecule has 200 valence electrons. The summed E-state index contributed by atoms with van der Waals surface area (Å²) >= 11 is 0. The number of carbonyl (C=O) groups excluding carboxylic acids is 2. The number of anilines is 4. The second-order valence-corrected chi connectivity index (χ2v) is 9.56. The Morgan fingerprint density at radius 2 is 1.58 bits per heavy atom. The molecule has 3 aromatic rings. The first-order valence-electron chi connectivity index (χ1n) is 13.4. The Balaban J connectivity index is 1.27. The maximum Gasteiger partial charge on any atom is 0.243 e. The quantitative estimate of drug-likeness (QED) is 0.139. The van der Waals surface area contributed by atoms with E-state index < -0.39 is 0 Å². The third-order valence-electron chi connectivity index (χ3n) is 6.63. The molecule has 38 heavy (non-hydrogen) atoms. The maximum absolute atomic E-state index is 12.3. The van der Waals surface area contributed by atoms with Gasteiger partial charge in [-0.25, -0.2) is 15.4 Å². The lowest BCUT2D eigenvalue weighted by Gasteiger charge is -2.29. The molecule has 1 aliphatic heterocycles. The predicted octanol–water partition coefficient (Wildman–Crippen LogP) is 5.66. The van der Waals surface area contributed by atoms with Gasteiger partial charge in [-0.1, -0.05) is 31.0 Å². The number of aromatic nitrogens is 2. The number of hydrogen-bond acceptors (Lipinski definition) is 7. The molecule has 1 aliphatic rings. The molecule has 0 aliphatic carbocycles. The molecule has 2 heterocycles. The van der Waals surface area contributed by atoms with Crippen LogP contribution in [-0.4, -0.2) is 40.1 Å². The van der Waals surface area contributed by atoms with Crippen molar-refractivity contribution in [3.05, 3.63) is 60.8 Å². The zero-order valence-electron chi connectivity index (χ0n) is 21.7. The molecule has 4 N–H and O–H groups in total. The third-order valence-corrected chi connectivity index (χ3v) is 6.63. The van der Waals surface area contributed by atoms with Crippen LogP contribution in [0, 0.1) is 0 Å². The average molecular weight is 517 g/mol. The van der Waals surface area contributed by atoms with Gasteiger partial charge in [-0.3, -0.25) is 14.8 Å². The van der Waals surface area contributed by atoms with E-state index in [1.54, 1.807) is 11.7 Å². The van der Waals surface area contributed by atoms with E-state index >= 15 is 0 Å². The summed E-state index contributed by atoms with van der Waals surface area (Å²) in [7, 11) is 0. The molecule has 9 nitrogen and oxygen atoms in total. The van der Waals surface area contributed by atoms with Crippen LogP contribution in [0.15, 0.2) is 60.8 Å². The van der Waals surface area contributed by atoms with Gasteiger partial charge in [0.1, 0.15) is 0 Å². The van der Waals surface area contributed by atoms with Gasteiger partial charge in [-0.15, -0.1) is 0 Å². The molecule has 1 aromatic heterocycles. The van der Waals surface area contributed by atoms with Gasteiger partial charge in [0.2, 0.25) is 17.8 Å². The number of rotatable bonds is 12. The van der Waals surface area contributed by atoms with Gasteiger partial charge in [-0.05, 0) is 68.5 Å². The third kappa shape index (κ3) is 8.27. The Morgan fingerprint density at radius 1 is 0.842 bits per heavy atom. The number of hydroxylamine groups is 1. The van der Waals surface area contributed by atoms with Crippen molar-refractivity contribution in [2.24, 2.45) is 0 Å². The fourth-order valence-electron chi connectivity index (χ4n) is 4.57. The van der Waals surface area contributed by atoms with Crippen molar-refractivity contribution in [1.29, 1.82) is 0 Å². The van der Waals surface area contributed by atoms with Crippen LogP contribution in [0.3, 0.4) is 0 Å². The van der Waals surface area contributed by atoms with Gasteiger partial charge in [0.05, 0.1) is 5.69 Å². The fraction of sp³-hybridized carbons (Fsp3) is 0.379. The van der Waals surface area contributed by atoms with Crippen molar-refractivity contribution in [2.75, 3.05) is 28.6 Å². The van der Waals surface area contributed by atoms with Crippen LogP contribution < -0.4 is 21.0 Å². The van der Waals surface area contributed by atoms with Crippen molar-refractivity contribution in [3.63, 3.8) is 0 Å². The molecule has 4 rings (SSSR count). The second kappa shape index (κ2) is 14.1. The number of amides is 2. The van der Waals surface area contributed by atoms with Gasteiger partial charge in [0.15, 0.2) is 0 Å². The van der Waals surface area contributed by atoms with Crippen LogP contribution in [0.5, 0.6) is 0 Å². The highest BCUT2D eigenvalue weighted by molar-refractivity contribution is 5.90. The van der Waals surface area contributed by atoms with E-state index in [9.17, 15) is 9.59 Å². The number of nitrogens with zero attached hydrogens (tertiary/aromatic N) is 3. The summed E-state index contributed by atoms with van der Waals surface area (Å²) in [6.45, 7) is 2.19. The smallest absolute Gasteiger partial charge is 0.243 e. The standard InChI is InChI=1S/C29H36N6O3/c36-27(11-4-1-2-5-12-28(37)34-38)31-23-15-13-22(14-16-23)26-17-18-30-29(33-26)32-24-9-8-10-25(21-24)35-19-6-3-7-20-35/h8-10,13-18,21,38H,1-7,11-12,19-20H2,(H,31,36)(H,34,37)(H,30,32,33). The summed E-state index contributed by atoms with van der Waals surface area (Å²) in [4.78, 5) is 34.8. The second-order valence-electron chi connectivity index (χ2n) is 9.56.